The zero-order valence-electron chi connectivity index (χ0n) is 5.10. The Kier molecular flexibility index (Phi) is 2.28. The molecule has 52 valence electrons. The first-order valence-corrected chi connectivity index (χ1v) is 3.85. The van der Waals surface area contributed by atoms with E-state index in [4.69, 9.17) is 22.6 Å². The zero-order chi connectivity index (χ0) is 7.56. The van der Waals surface area contributed by atoms with Gasteiger partial charge in [0, 0.05) is 11.4 Å². The van der Waals surface area contributed by atoms with Gasteiger partial charge in [0.25, 0.3) is 0 Å². The molecule has 0 aliphatic heterocycles. The molecule has 0 atom stereocenters. The first-order chi connectivity index (χ1) is 4.77. The lowest BCUT2D eigenvalue weighted by atomic mass is 10.4. The fourth-order valence-electron chi connectivity index (χ4n) is 0.593. The molecule has 0 saturated carbocycles. The molecule has 4 heteroatoms. The molecule has 1 aromatic heterocycles. The van der Waals surface area contributed by atoms with Crippen LogP contribution in [-0.2, 0) is 6.54 Å². The summed E-state index contributed by atoms with van der Waals surface area (Å²) < 4.78 is 0. The number of hydrogen-bond acceptors (Lipinski definition) is 3. The topological polar surface area (TPSA) is 49.8 Å². The van der Waals surface area contributed by atoms with Gasteiger partial charge in [0.1, 0.15) is 10.9 Å². The third-order valence-corrected chi connectivity index (χ3v) is 2.51. The molecule has 1 heterocycles. The second-order valence-electron chi connectivity index (χ2n) is 1.71. The van der Waals surface area contributed by atoms with Gasteiger partial charge in [-0.25, -0.2) is 0 Å². The van der Waals surface area contributed by atoms with Crippen LogP contribution in [-0.4, -0.2) is 0 Å². The third kappa shape index (κ3) is 1.29. The Hall–Kier alpha value is -0.560. The number of nitriles is 1. The van der Waals surface area contributed by atoms with Crippen molar-refractivity contribution in [2.45, 2.75) is 6.54 Å². The van der Waals surface area contributed by atoms with Crippen LogP contribution in [0.5, 0.6) is 0 Å². The van der Waals surface area contributed by atoms with Crippen LogP contribution in [0.2, 0.25) is 5.02 Å². The van der Waals surface area contributed by atoms with Crippen molar-refractivity contribution in [3.63, 3.8) is 0 Å². The van der Waals surface area contributed by atoms with Gasteiger partial charge in [0.05, 0.1) is 5.02 Å². The standard InChI is InChI=1S/C6H5ClN2S/c7-5-1-4(2-8)10-6(5)3-9/h1H,2,8H2. The highest BCUT2D eigenvalue weighted by Gasteiger charge is 2.03. The highest BCUT2D eigenvalue weighted by Crippen LogP contribution is 2.25. The molecule has 2 N–H and O–H groups in total. The average Bonchev–Trinajstić information content (AvgIpc) is 2.30. The molecule has 0 aliphatic carbocycles. The molecule has 2 nitrogen and oxygen atoms in total. The van der Waals surface area contributed by atoms with Gasteiger partial charge in [-0.1, -0.05) is 11.6 Å². The van der Waals surface area contributed by atoms with Crippen LogP contribution < -0.4 is 5.73 Å². The molecule has 0 radical (unpaired) electrons. The number of nitrogens with zero attached hydrogens (tertiary/aromatic N) is 1. The van der Waals surface area contributed by atoms with Crippen LogP contribution in [0.4, 0.5) is 0 Å². The molecule has 1 rings (SSSR count). The van der Waals surface area contributed by atoms with Gasteiger partial charge in [-0.05, 0) is 6.07 Å². The van der Waals surface area contributed by atoms with Gasteiger partial charge >= 0.3 is 0 Å². The normalized spacial score (nSPS) is 9.30. The maximum absolute atomic E-state index is 8.46. The average molecular weight is 173 g/mol. The van der Waals surface area contributed by atoms with E-state index >= 15 is 0 Å². The van der Waals surface area contributed by atoms with Crippen molar-refractivity contribution >= 4 is 22.9 Å². The molecule has 10 heavy (non-hydrogen) atoms. The molecular weight excluding hydrogens is 168 g/mol. The fraction of sp³-hybridized carbons (Fsp3) is 0.167. The molecule has 0 fully saturated rings. The summed E-state index contributed by atoms with van der Waals surface area (Å²) in [4.78, 5) is 1.49. The Labute approximate surface area is 67.8 Å². The number of halogens is 1. The van der Waals surface area contributed by atoms with Gasteiger partial charge in [-0.15, -0.1) is 11.3 Å². The van der Waals surface area contributed by atoms with Gasteiger partial charge in [0.15, 0.2) is 0 Å². The monoisotopic (exact) mass is 172 g/mol. The van der Waals surface area contributed by atoms with E-state index in [9.17, 15) is 0 Å². The van der Waals surface area contributed by atoms with Gasteiger partial charge in [0.2, 0.25) is 0 Å². The highest BCUT2D eigenvalue weighted by molar-refractivity contribution is 7.13. The van der Waals surface area contributed by atoms with E-state index in [0.29, 0.717) is 16.4 Å². The molecular formula is C6H5ClN2S. The molecule has 0 aromatic carbocycles. The maximum atomic E-state index is 8.46. The smallest absolute Gasteiger partial charge is 0.123 e. The SMILES string of the molecule is N#Cc1sc(CN)cc1Cl. The van der Waals surface area contributed by atoms with Crippen molar-refractivity contribution < 1.29 is 0 Å². The lowest BCUT2D eigenvalue weighted by molar-refractivity contribution is 1.11. The quantitative estimate of drug-likeness (QED) is 0.702. The van der Waals surface area contributed by atoms with E-state index in [1.54, 1.807) is 6.07 Å². The third-order valence-electron chi connectivity index (χ3n) is 1.04. The van der Waals surface area contributed by atoms with Crippen molar-refractivity contribution in [2.75, 3.05) is 0 Å². The van der Waals surface area contributed by atoms with E-state index in [-0.39, 0.29) is 0 Å². The van der Waals surface area contributed by atoms with E-state index in [1.807, 2.05) is 6.07 Å². The summed E-state index contributed by atoms with van der Waals surface area (Å²) in [5.74, 6) is 0. The Balaban J connectivity index is 3.07. The number of thiophene rings is 1. The van der Waals surface area contributed by atoms with Crippen molar-refractivity contribution in [1.82, 2.24) is 0 Å². The summed E-state index contributed by atoms with van der Waals surface area (Å²) in [6, 6.07) is 3.71. The zero-order valence-corrected chi connectivity index (χ0v) is 6.67. The van der Waals surface area contributed by atoms with Crippen LogP contribution >= 0.6 is 22.9 Å². The molecule has 0 saturated heterocycles. The van der Waals surface area contributed by atoms with Crippen LogP contribution in [0, 0.1) is 11.3 Å². The van der Waals surface area contributed by atoms with Gasteiger partial charge < -0.3 is 5.73 Å². The molecule has 0 spiro atoms. The predicted octanol–water partition coefficient (Wildman–Crippen LogP) is 1.73. The molecule has 0 bridgehead atoms. The maximum Gasteiger partial charge on any atom is 0.123 e. The van der Waals surface area contributed by atoms with E-state index in [1.165, 1.54) is 11.3 Å². The summed E-state index contributed by atoms with van der Waals surface area (Å²) in [5.41, 5.74) is 5.33. The first-order valence-electron chi connectivity index (χ1n) is 2.66. The van der Waals surface area contributed by atoms with Crippen LogP contribution in [0.15, 0.2) is 6.07 Å². The second kappa shape index (κ2) is 3.02. The van der Waals surface area contributed by atoms with Crippen LogP contribution in [0.3, 0.4) is 0 Å². The van der Waals surface area contributed by atoms with E-state index in [2.05, 4.69) is 0 Å². The van der Waals surface area contributed by atoms with Gasteiger partial charge in [-0.2, -0.15) is 5.26 Å². The number of hydrogen-bond donors (Lipinski definition) is 1. The van der Waals surface area contributed by atoms with E-state index < -0.39 is 0 Å². The summed E-state index contributed by atoms with van der Waals surface area (Å²) in [6.07, 6.45) is 0. The minimum Gasteiger partial charge on any atom is -0.326 e. The fourth-order valence-corrected chi connectivity index (χ4v) is 1.67. The number of rotatable bonds is 1. The predicted molar refractivity (Wildman–Crippen MR) is 41.9 cm³/mol. The number of nitrogens with two attached hydrogens (primary N) is 1. The largest absolute Gasteiger partial charge is 0.326 e. The summed E-state index contributed by atoms with van der Waals surface area (Å²) in [6.45, 7) is 0.450. The molecule has 1 aromatic rings. The van der Waals surface area contributed by atoms with E-state index in [0.717, 1.165) is 4.88 Å². The molecule has 0 aliphatic rings. The summed E-state index contributed by atoms with van der Waals surface area (Å²) >= 11 is 7.00. The van der Waals surface area contributed by atoms with Crippen molar-refractivity contribution in [3.05, 3.63) is 20.8 Å². The lowest BCUT2D eigenvalue weighted by Gasteiger charge is -1.80. The van der Waals surface area contributed by atoms with Crippen molar-refractivity contribution in [3.8, 4) is 6.07 Å². The first kappa shape index (κ1) is 7.55. The van der Waals surface area contributed by atoms with Crippen molar-refractivity contribution in [2.24, 2.45) is 5.73 Å². The Morgan fingerprint density at radius 1 is 1.80 bits per heavy atom. The van der Waals surface area contributed by atoms with Crippen LogP contribution in [0.1, 0.15) is 9.75 Å². The lowest BCUT2D eigenvalue weighted by Crippen LogP contribution is -1.91. The Bertz CT molecular complexity index is 274. The summed E-state index contributed by atoms with van der Waals surface area (Å²) in [5, 5.41) is 8.97. The Morgan fingerprint density at radius 2 is 2.50 bits per heavy atom. The highest BCUT2D eigenvalue weighted by atomic mass is 35.5. The molecule has 0 amide bonds. The van der Waals surface area contributed by atoms with Crippen LogP contribution in [0.25, 0.3) is 0 Å². The second-order valence-corrected chi connectivity index (χ2v) is 3.25. The minimum atomic E-state index is 0.450. The molecule has 0 unspecified atom stereocenters. The summed E-state index contributed by atoms with van der Waals surface area (Å²) in [7, 11) is 0. The van der Waals surface area contributed by atoms with Gasteiger partial charge in [-0.3, -0.25) is 0 Å². The minimum absolute atomic E-state index is 0.450. The van der Waals surface area contributed by atoms with Crippen molar-refractivity contribution in [1.29, 1.82) is 5.26 Å². The Morgan fingerprint density at radius 3 is 2.80 bits per heavy atom.